The van der Waals surface area contributed by atoms with Crippen LogP contribution in [0.2, 0.25) is 0 Å². The second-order valence-corrected chi connectivity index (χ2v) is 6.95. The number of nitrogens with one attached hydrogen (secondary N) is 1. The Morgan fingerprint density at radius 1 is 1.03 bits per heavy atom. The molecule has 2 aromatic rings. The Morgan fingerprint density at radius 2 is 1.66 bits per heavy atom. The van der Waals surface area contributed by atoms with Crippen LogP contribution in [-0.2, 0) is 16.0 Å². The van der Waals surface area contributed by atoms with E-state index in [2.05, 4.69) is 5.32 Å². The van der Waals surface area contributed by atoms with Crippen molar-refractivity contribution >= 4 is 17.7 Å². The second-order valence-electron chi connectivity index (χ2n) is 6.95. The highest BCUT2D eigenvalue weighted by atomic mass is 16.4. The van der Waals surface area contributed by atoms with Gasteiger partial charge in [0.2, 0.25) is 0 Å². The maximum absolute atomic E-state index is 12.9. The predicted molar refractivity (Wildman–Crippen MR) is 109 cm³/mol. The Labute approximate surface area is 168 Å². The quantitative estimate of drug-likeness (QED) is 0.629. The lowest BCUT2D eigenvalue weighted by molar-refractivity contribution is -0.152. The van der Waals surface area contributed by atoms with E-state index < -0.39 is 23.2 Å². The molecule has 29 heavy (non-hydrogen) atoms. The number of carboxylic acid groups (broad SMARTS) is 1. The van der Waals surface area contributed by atoms with Crippen LogP contribution in [0.15, 0.2) is 84.6 Å². The molecular weight excluding hydrogens is 368 g/mol. The molecule has 1 unspecified atom stereocenters. The molecule has 6 heteroatoms. The molecule has 1 aliphatic rings. The van der Waals surface area contributed by atoms with Gasteiger partial charge < -0.3 is 16.2 Å². The molecule has 0 radical (unpaired) electrons. The van der Waals surface area contributed by atoms with E-state index in [1.807, 2.05) is 36.4 Å². The summed E-state index contributed by atoms with van der Waals surface area (Å²) in [7, 11) is 0. The zero-order valence-electron chi connectivity index (χ0n) is 15.7. The van der Waals surface area contributed by atoms with Crippen molar-refractivity contribution < 1.29 is 19.5 Å². The first-order chi connectivity index (χ1) is 13.9. The molecule has 6 nitrogen and oxygen atoms in total. The SMILES string of the molecule is N[C@@H](Cc1ccccc1)C(=O)C1(C(=O)O)C=CC(NC(=O)c2ccccc2)=CC1. The number of ketones is 1. The van der Waals surface area contributed by atoms with E-state index in [1.165, 1.54) is 12.2 Å². The fourth-order valence-electron chi connectivity index (χ4n) is 3.26. The third-order valence-corrected chi connectivity index (χ3v) is 4.94. The van der Waals surface area contributed by atoms with Crippen LogP contribution in [0.25, 0.3) is 0 Å². The lowest BCUT2D eigenvalue weighted by Crippen LogP contribution is -2.48. The molecule has 0 saturated heterocycles. The van der Waals surface area contributed by atoms with Crippen LogP contribution in [-0.4, -0.2) is 28.8 Å². The van der Waals surface area contributed by atoms with Gasteiger partial charge in [-0.1, -0.05) is 60.7 Å². The Balaban J connectivity index is 1.72. The Morgan fingerprint density at radius 3 is 2.21 bits per heavy atom. The van der Waals surface area contributed by atoms with Crippen LogP contribution in [0.1, 0.15) is 22.3 Å². The average Bonchev–Trinajstić information content (AvgIpc) is 2.75. The number of amides is 1. The summed E-state index contributed by atoms with van der Waals surface area (Å²) in [6.07, 6.45) is 4.49. The summed E-state index contributed by atoms with van der Waals surface area (Å²) in [5.74, 6) is -2.13. The topological polar surface area (TPSA) is 109 Å². The van der Waals surface area contributed by atoms with Crippen LogP contribution in [0.3, 0.4) is 0 Å². The number of Topliss-reactive ketones (excluding diaryl/α,β-unsaturated/α-hetero) is 1. The van der Waals surface area contributed by atoms with E-state index in [0.29, 0.717) is 11.3 Å². The van der Waals surface area contributed by atoms with Gasteiger partial charge in [0.25, 0.3) is 5.91 Å². The molecule has 4 N–H and O–H groups in total. The number of rotatable bonds is 7. The van der Waals surface area contributed by atoms with E-state index in [4.69, 9.17) is 5.73 Å². The number of aliphatic carboxylic acids is 1. The number of hydrogen-bond donors (Lipinski definition) is 3. The highest BCUT2D eigenvalue weighted by molar-refractivity contribution is 6.08. The normalized spacial score (nSPS) is 19.1. The molecule has 1 amide bonds. The fraction of sp³-hybridized carbons (Fsp3) is 0.174. The summed E-state index contributed by atoms with van der Waals surface area (Å²) in [6.45, 7) is 0. The summed E-state index contributed by atoms with van der Waals surface area (Å²) in [6, 6.07) is 16.9. The number of carboxylic acids is 1. The van der Waals surface area contributed by atoms with Crippen molar-refractivity contribution in [2.24, 2.45) is 11.1 Å². The molecule has 1 aliphatic carbocycles. The van der Waals surface area contributed by atoms with Gasteiger partial charge in [-0.2, -0.15) is 0 Å². The zero-order valence-corrected chi connectivity index (χ0v) is 15.7. The number of allylic oxidation sites excluding steroid dienone is 2. The summed E-state index contributed by atoms with van der Waals surface area (Å²) in [5.41, 5.74) is 6.11. The molecular formula is C23H22N2O4. The van der Waals surface area contributed by atoms with Crippen molar-refractivity contribution in [2.45, 2.75) is 18.9 Å². The molecule has 0 saturated carbocycles. The summed E-state index contributed by atoms with van der Waals surface area (Å²) in [5, 5.41) is 12.5. The van der Waals surface area contributed by atoms with Gasteiger partial charge in [-0.05, 0) is 36.6 Å². The van der Waals surface area contributed by atoms with Crippen molar-refractivity contribution in [3.05, 3.63) is 95.7 Å². The van der Waals surface area contributed by atoms with Crippen molar-refractivity contribution in [2.75, 3.05) is 0 Å². The summed E-state index contributed by atoms with van der Waals surface area (Å²) >= 11 is 0. The van der Waals surface area contributed by atoms with Crippen LogP contribution in [0, 0.1) is 5.41 Å². The van der Waals surface area contributed by atoms with Crippen molar-refractivity contribution in [1.29, 1.82) is 0 Å². The highest BCUT2D eigenvalue weighted by Crippen LogP contribution is 2.32. The Bertz CT molecular complexity index is 967. The largest absolute Gasteiger partial charge is 0.480 e. The molecule has 0 aromatic heterocycles. The lowest BCUT2D eigenvalue weighted by atomic mass is 9.74. The molecule has 0 aliphatic heterocycles. The molecule has 0 bridgehead atoms. The van der Waals surface area contributed by atoms with E-state index in [-0.39, 0.29) is 18.7 Å². The minimum atomic E-state index is -1.74. The van der Waals surface area contributed by atoms with Gasteiger partial charge in [-0.25, -0.2) is 0 Å². The lowest BCUT2D eigenvalue weighted by Gasteiger charge is -2.29. The number of benzene rings is 2. The monoisotopic (exact) mass is 390 g/mol. The Kier molecular flexibility index (Phi) is 6.04. The third-order valence-electron chi connectivity index (χ3n) is 4.94. The molecule has 2 atom stereocenters. The van der Waals surface area contributed by atoms with Crippen molar-refractivity contribution in [3.63, 3.8) is 0 Å². The first-order valence-corrected chi connectivity index (χ1v) is 9.25. The fourth-order valence-corrected chi connectivity index (χ4v) is 3.26. The molecule has 3 rings (SSSR count). The van der Waals surface area contributed by atoms with Gasteiger partial charge in [0.05, 0.1) is 6.04 Å². The third kappa shape index (κ3) is 4.50. The van der Waals surface area contributed by atoms with Crippen LogP contribution in [0.4, 0.5) is 0 Å². The van der Waals surface area contributed by atoms with Crippen LogP contribution >= 0.6 is 0 Å². The van der Waals surface area contributed by atoms with Crippen LogP contribution < -0.4 is 11.1 Å². The van der Waals surface area contributed by atoms with Gasteiger partial charge in [-0.3, -0.25) is 14.4 Å². The predicted octanol–water partition coefficient (Wildman–Crippen LogP) is 2.47. The molecule has 0 spiro atoms. The number of carbonyl (C=O) groups is 3. The molecule has 2 aromatic carbocycles. The van der Waals surface area contributed by atoms with Gasteiger partial charge >= 0.3 is 5.97 Å². The number of carbonyl (C=O) groups excluding carboxylic acids is 2. The molecule has 0 heterocycles. The Hall–Kier alpha value is -3.51. The summed E-state index contributed by atoms with van der Waals surface area (Å²) in [4.78, 5) is 37.2. The van der Waals surface area contributed by atoms with E-state index in [1.54, 1.807) is 30.3 Å². The molecule has 0 fully saturated rings. The standard InChI is InChI=1S/C23H22N2O4/c24-19(15-16-7-3-1-4-8-16)20(26)23(22(28)29)13-11-18(12-14-23)25-21(27)17-9-5-2-6-10-17/h1-13,19H,14-15,24H2,(H,25,27)(H,28,29)/t19-,23?/m0/s1. The number of nitrogens with two attached hydrogens (primary N) is 1. The van der Waals surface area contributed by atoms with Crippen LogP contribution in [0.5, 0.6) is 0 Å². The number of hydrogen-bond acceptors (Lipinski definition) is 4. The molecule has 148 valence electrons. The maximum atomic E-state index is 12.9. The highest BCUT2D eigenvalue weighted by Gasteiger charge is 2.46. The first-order valence-electron chi connectivity index (χ1n) is 9.25. The minimum absolute atomic E-state index is 0.0788. The maximum Gasteiger partial charge on any atom is 0.321 e. The average molecular weight is 390 g/mol. The smallest absolute Gasteiger partial charge is 0.321 e. The van der Waals surface area contributed by atoms with E-state index in [9.17, 15) is 19.5 Å². The summed E-state index contributed by atoms with van der Waals surface area (Å²) < 4.78 is 0. The minimum Gasteiger partial charge on any atom is -0.480 e. The van der Waals surface area contributed by atoms with Crippen molar-refractivity contribution in [1.82, 2.24) is 5.32 Å². The van der Waals surface area contributed by atoms with E-state index >= 15 is 0 Å². The second kappa shape index (κ2) is 8.67. The van der Waals surface area contributed by atoms with Gasteiger partial charge in [0.15, 0.2) is 5.78 Å². The first kappa shape index (κ1) is 20.2. The van der Waals surface area contributed by atoms with Crippen molar-refractivity contribution in [3.8, 4) is 0 Å². The van der Waals surface area contributed by atoms with Gasteiger partial charge in [-0.15, -0.1) is 0 Å². The van der Waals surface area contributed by atoms with Gasteiger partial charge in [0.1, 0.15) is 5.41 Å². The van der Waals surface area contributed by atoms with Gasteiger partial charge in [0, 0.05) is 11.3 Å². The zero-order chi connectivity index (χ0) is 20.9. The van der Waals surface area contributed by atoms with E-state index in [0.717, 1.165) is 5.56 Å².